The van der Waals surface area contributed by atoms with Gasteiger partial charge < -0.3 is 0 Å². The lowest BCUT2D eigenvalue weighted by molar-refractivity contribution is 0.0948. The van der Waals surface area contributed by atoms with Gasteiger partial charge in [0.2, 0.25) is 0 Å². The Bertz CT molecular complexity index is 354. The molecule has 0 aliphatic carbocycles. The van der Waals surface area contributed by atoms with Crippen LogP contribution in [0.15, 0.2) is 12.3 Å². The Labute approximate surface area is 95.4 Å². The van der Waals surface area contributed by atoms with Gasteiger partial charge >= 0.3 is 0 Å². The highest BCUT2D eigenvalue weighted by atomic mass is 16.2. The second-order valence-corrected chi connectivity index (χ2v) is 3.67. The zero-order valence-corrected chi connectivity index (χ0v) is 9.73. The monoisotopic (exact) mass is 222 g/mol. The van der Waals surface area contributed by atoms with Crippen molar-refractivity contribution in [2.75, 3.05) is 0 Å². The van der Waals surface area contributed by atoms with E-state index in [-0.39, 0.29) is 5.91 Å². The number of rotatable bonds is 5. The second-order valence-electron chi connectivity index (χ2n) is 3.67. The number of nitrogens with one attached hydrogen (secondary N) is 1. The number of carbonyl (C=O) groups is 1. The molecule has 0 saturated heterocycles. The van der Waals surface area contributed by atoms with E-state index in [0.717, 1.165) is 25.1 Å². The Morgan fingerprint density at radius 1 is 1.56 bits per heavy atom. The third-order valence-electron chi connectivity index (χ3n) is 2.53. The number of nitrogens with zero attached hydrogens (tertiary/aromatic N) is 2. The summed E-state index contributed by atoms with van der Waals surface area (Å²) in [6.45, 7) is 4.22. The number of hydrogen-bond donors (Lipinski definition) is 2. The van der Waals surface area contributed by atoms with Crippen LogP contribution in [0.3, 0.4) is 0 Å². The predicted octanol–water partition coefficient (Wildman–Crippen LogP) is 1.37. The molecule has 0 saturated carbocycles. The summed E-state index contributed by atoms with van der Waals surface area (Å²) in [6.07, 6.45) is 4.69. The maximum atomic E-state index is 11.3. The van der Waals surface area contributed by atoms with Crippen LogP contribution in [-0.2, 0) is 0 Å². The van der Waals surface area contributed by atoms with Crippen LogP contribution in [0.4, 0.5) is 0 Å². The Morgan fingerprint density at radius 2 is 2.31 bits per heavy atom. The van der Waals surface area contributed by atoms with Crippen molar-refractivity contribution in [1.82, 2.24) is 15.4 Å². The summed E-state index contributed by atoms with van der Waals surface area (Å²) in [5.74, 6) is 5.72. The van der Waals surface area contributed by atoms with Crippen molar-refractivity contribution in [3.8, 4) is 0 Å². The Hall–Kier alpha value is -1.49. The number of nitrogens with two attached hydrogens (primary N) is 1. The van der Waals surface area contributed by atoms with E-state index >= 15 is 0 Å². The molecule has 1 aromatic heterocycles. The molecule has 0 aromatic carbocycles. The van der Waals surface area contributed by atoms with Crippen LogP contribution in [0.25, 0.3) is 0 Å². The Kier molecular flexibility index (Phi) is 4.85. The van der Waals surface area contributed by atoms with Crippen LogP contribution in [0.2, 0.25) is 0 Å². The molecule has 3 N–H and O–H groups in total. The van der Waals surface area contributed by atoms with Gasteiger partial charge in [0.1, 0.15) is 11.5 Å². The van der Waals surface area contributed by atoms with Crippen LogP contribution < -0.4 is 11.3 Å². The van der Waals surface area contributed by atoms with E-state index in [4.69, 9.17) is 5.84 Å². The smallest absolute Gasteiger partial charge is 0.283 e. The number of hydrazine groups is 1. The minimum Gasteiger partial charge on any atom is -0.289 e. The third-order valence-corrected chi connectivity index (χ3v) is 2.53. The van der Waals surface area contributed by atoms with E-state index in [2.05, 4.69) is 29.2 Å². The van der Waals surface area contributed by atoms with Gasteiger partial charge in [-0.3, -0.25) is 10.2 Å². The molecular formula is C11H18N4O. The summed E-state index contributed by atoms with van der Waals surface area (Å²) in [4.78, 5) is 19.8. The van der Waals surface area contributed by atoms with Crippen LogP contribution >= 0.6 is 0 Å². The minimum absolute atomic E-state index is 0.315. The van der Waals surface area contributed by atoms with E-state index in [1.54, 1.807) is 12.3 Å². The summed E-state index contributed by atoms with van der Waals surface area (Å²) >= 11 is 0. The quantitative estimate of drug-likeness (QED) is 0.448. The van der Waals surface area contributed by atoms with Crippen molar-refractivity contribution in [1.29, 1.82) is 0 Å². The summed E-state index contributed by atoms with van der Waals surface area (Å²) in [6, 6.07) is 1.56. The van der Waals surface area contributed by atoms with Gasteiger partial charge in [0.05, 0.1) is 0 Å². The molecule has 1 heterocycles. The van der Waals surface area contributed by atoms with Crippen molar-refractivity contribution in [2.24, 2.45) is 5.84 Å². The molecular weight excluding hydrogens is 204 g/mol. The average Bonchev–Trinajstić information content (AvgIpc) is 2.35. The van der Waals surface area contributed by atoms with Crippen LogP contribution in [0.5, 0.6) is 0 Å². The van der Waals surface area contributed by atoms with Gasteiger partial charge in [0, 0.05) is 12.1 Å². The predicted molar refractivity (Wildman–Crippen MR) is 61.6 cm³/mol. The maximum absolute atomic E-state index is 11.3. The molecule has 5 nitrogen and oxygen atoms in total. The summed E-state index contributed by atoms with van der Waals surface area (Å²) in [5, 5.41) is 0. The lowest BCUT2D eigenvalue weighted by Gasteiger charge is -2.12. The molecule has 0 aliphatic heterocycles. The lowest BCUT2D eigenvalue weighted by Crippen LogP contribution is -2.31. The number of aromatic nitrogens is 2. The molecule has 0 aliphatic rings. The van der Waals surface area contributed by atoms with Crippen molar-refractivity contribution >= 4 is 5.91 Å². The fraction of sp³-hybridized carbons (Fsp3) is 0.545. The van der Waals surface area contributed by atoms with E-state index in [9.17, 15) is 4.79 Å². The highest BCUT2D eigenvalue weighted by Crippen LogP contribution is 2.20. The van der Waals surface area contributed by atoms with Crippen LogP contribution in [0.1, 0.15) is 55.3 Å². The third kappa shape index (κ3) is 3.00. The highest BCUT2D eigenvalue weighted by Gasteiger charge is 2.14. The number of hydrogen-bond acceptors (Lipinski definition) is 4. The fourth-order valence-electron chi connectivity index (χ4n) is 1.64. The second kappa shape index (κ2) is 6.17. The molecule has 1 atom stereocenters. The first-order valence-electron chi connectivity index (χ1n) is 5.56. The molecule has 0 radical (unpaired) electrons. The standard InChI is InChI=1S/C11H18N4O/c1-3-5-8(4-2)10-13-7-6-9(14-10)11(16)15-12/h6-8H,3-5,12H2,1-2H3,(H,15,16). The van der Waals surface area contributed by atoms with E-state index in [1.165, 1.54) is 0 Å². The zero-order chi connectivity index (χ0) is 12.0. The Morgan fingerprint density at radius 3 is 2.88 bits per heavy atom. The molecule has 16 heavy (non-hydrogen) atoms. The van der Waals surface area contributed by atoms with Crippen molar-refractivity contribution < 1.29 is 4.79 Å². The topological polar surface area (TPSA) is 80.9 Å². The van der Waals surface area contributed by atoms with Crippen molar-refractivity contribution in [3.05, 3.63) is 23.8 Å². The molecule has 0 spiro atoms. The molecule has 0 bridgehead atoms. The molecule has 1 amide bonds. The zero-order valence-electron chi connectivity index (χ0n) is 9.73. The first-order chi connectivity index (χ1) is 7.72. The molecule has 1 rings (SSSR count). The maximum Gasteiger partial charge on any atom is 0.283 e. The van der Waals surface area contributed by atoms with Gasteiger partial charge in [0.15, 0.2) is 0 Å². The van der Waals surface area contributed by atoms with Gasteiger partial charge in [-0.1, -0.05) is 20.3 Å². The summed E-state index contributed by atoms with van der Waals surface area (Å²) < 4.78 is 0. The van der Waals surface area contributed by atoms with Crippen LogP contribution in [-0.4, -0.2) is 15.9 Å². The average molecular weight is 222 g/mol. The van der Waals surface area contributed by atoms with Gasteiger partial charge in [-0.25, -0.2) is 15.8 Å². The largest absolute Gasteiger partial charge is 0.289 e. The fourth-order valence-corrected chi connectivity index (χ4v) is 1.64. The number of amides is 1. The van der Waals surface area contributed by atoms with Crippen molar-refractivity contribution in [2.45, 2.75) is 39.0 Å². The number of carbonyl (C=O) groups excluding carboxylic acids is 1. The molecule has 0 fully saturated rings. The van der Waals surface area contributed by atoms with Gasteiger partial charge in [-0.2, -0.15) is 0 Å². The van der Waals surface area contributed by atoms with E-state index in [0.29, 0.717) is 11.6 Å². The molecule has 1 unspecified atom stereocenters. The minimum atomic E-state index is -0.380. The normalized spacial score (nSPS) is 12.2. The lowest BCUT2D eigenvalue weighted by atomic mass is 10.00. The van der Waals surface area contributed by atoms with E-state index in [1.807, 2.05) is 0 Å². The molecule has 88 valence electrons. The van der Waals surface area contributed by atoms with Crippen molar-refractivity contribution in [3.63, 3.8) is 0 Å². The van der Waals surface area contributed by atoms with Gasteiger partial charge in [-0.05, 0) is 18.9 Å². The van der Waals surface area contributed by atoms with Crippen LogP contribution in [0, 0.1) is 0 Å². The van der Waals surface area contributed by atoms with Gasteiger partial charge in [-0.15, -0.1) is 0 Å². The summed E-state index contributed by atoms with van der Waals surface area (Å²) in [5.41, 5.74) is 2.39. The molecule has 1 aromatic rings. The van der Waals surface area contributed by atoms with E-state index < -0.39 is 0 Å². The molecule has 5 heteroatoms. The first kappa shape index (κ1) is 12.6. The highest BCUT2D eigenvalue weighted by molar-refractivity contribution is 5.91. The SMILES string of the molecule is CCCC(CC)c1nccc(C(=O)NN)n1. The Balaban J connectivity index is 2.92. The first-order valence-corrected chi connectivity index (χ1v) is 5.56. The number of nitrogen functional groups attached to an aromatic ring is 1. The van der Waals surface area contributed by atoms with Gasteiger partial charge in [0.25, 0.3) is 5.91 Å². The summed E-state index contributed by atoms with van der Waals surface area (Å²) in [7, 11) is 0.